The highest BCUT2D eigenvalue weighted by atomic mass is 32.1. The van der Waals surface area contributed by atoms with Crippen LogP contribution in [0.5, 0.6) is 0 Å². The molecule has 2 fully saturated rings. The van der Waals surface area contributed by atoms with E-state index in [1.165, 1.54) is 35.4 Å². The fourth-order valence-electron chi connectivity index (χ4n) is 3.46. The minimum atomic E-state index is 0.406. The minimum absolute atomic E-state index is 0.406. The fourth-order valence-corrected chi connectivity index (χ4v) is 4.59. The molecule has 3 aromatic rings. The number of para-hydroxylation sites is 1. The van der Waals surface area contributed by atoms with Crippen molar-refractivity contribution in [1.82, 2.24) is 14.9 Å². The molecular weight excluding hydrogens is 306 g/mol. The van der Waals surface area contributed by atoms with Crippen molar-refractivity contribution in [2.24, 2.45) is 0 Å². The van der Waals surface area contributed by atoms with Crippen molar-refractivity contribution in [3.8, 4) is 0 Å². The van der Waals surface area contributed by atoms with Gasteiger partial charge < -0.3 is 4.42 Å². The summed E-state index contributed by atoms with van der Waals surface area (Å²) in [6, 6.07) is 8.81. The van der Waals surface area contributed by atoms with Gasteiger partial charge in [0, 0.05) is 5.92 Å². The third-order valence-corrected chi connectivity index (χ3v) is 5.99. The van der Waals surface area contributed by atoms with Crippen LogP contribution in [0.1, 0.15) is 54.3 Å². The van der Waals surface area contributed by atoms with Gasteiger partial charge in [0.1, 0.15) is 10.8 Å². The first-order chi connectivity index (χ1) is 11.4. The van der Waals surface area contributed by atoms with Gasteiger partial charge in [0.15, 0.2) is 0 Å². The molecule has 23 heavy (non-hydrogen) atoms. The number of likely N-dealkylation sites (tertiary alicyclic amines) is 1. The maximum atomic E-state index is 5.94. The summed E-state index contributed by atoms with van der Waals surface area (Å²) in [5, 5.41) is 1.23. The highest BCUT2D eigenvalue weighted by Crippen LogP contribution is 2.41. The molecule has 1 saturated heterocycles. The molecule has 1 unspecified atom stereocenters. The predicted molar refractivity (Wildman–Crippen MR) is 90.5 cm³/mol. The van der Waals surface area contributed by atoms with Crippen molar-refractivity contribution in [3.63, 3.8) is 0 Å². The average molecular weight is 325 g/mol. The molecule has 5 rings (SSSR count). The van der Waals surface area contributed by atoms with Crippen molar-refractivity contribution in [2.75, 3.05) is 6.54 Å². The van der Waals surface area contributed by atoms with Crippen LogP contribution in [0.3, 0.4) is 0 Å². The van der Waals surface area contributed by atoms with Gasteiger partial charge in [0.25, 0.3) is 0 Å². The lowest BCUT2D eigenvalue weighted by Crippen LogP contribution is -2.22. The van der Waals surface area contributed by atoms with Gasteiger partial charge in [-0.25, -0.2) is 9.97 Å². The molecule has 1 saturated carbocycles. The maximum absolute atomic E-state index is 5.94. The summed E-state index contributed by atoms with van der Waals surface area (Å²) in [4.78, 5) is 11.8. The van der Waals surface area contributed by atoms with Gasteiger partial charge in [-0.15, -0.1) is 11.3 Å². The zero-order chi connectivity index (χ0) is 15.2. The molecule has 1 aliphatic carbocycles. The number of hydrogen-bond donors (Lipinski definition) is 0. The van der Waals surface area contributed by atoms with Crippen LogP contribution in [0.25, 0.3) is 10.2 Å². The normalized spacial score (nSPS) is 22.2. The lowest BCUT2D eigenvalue weighted by molar-refractivity contribution is 0.221. The van der Waals surface area contributed by atoms with E-state index in [2.05, 4.69) is 34.1 Å². The van der Waals surface area contributed by atoms with E-state index in [0.29, 0.717) is 12.0 Å². The third-order valence-electron chi connectivity index (χ3n) is 4.85. The van der Waals surface area contributed by atoms with Crippen molar-refractivity contribution in [1.29, 1.82) is 0 Å². The average Bonchev–Trinajstić information content (AvgIpc) is 3.00. The highest BCUT2D eigenvalue weighted by Gasteiger charge is 2.31. The fraction of sp³-hybridized carbons (Fsp3) is 0.444. The number of hydrogen-bond acceptors (Lipinski definition) is 5. The second kappa shape index (κ2) is 5.42. The Kier molecular flexibility index (Phi) is 3.23. The number of nitrogens with zero attached hydrogens (tertiary/aromatic N) is 3. The summed E-state index contributed by atoms with van der Waals surface area (Å²) in [6.07, 6.45) is 6.84. The Morgan fingerprint density at radius 2 is 2.13 bits per heavy atom. The van der Waals surface area contributed by atoms with Crippen LogP contribution < -0.4 is 0 Å². The van der Waals surface area contributed by atoms with Crippen LogP contribution in [0, 0.1) is 0 Å². The number of oxazole rings is 1. The molecule has 0 radical (unpaired) electrons. The molecule has 3 heterocycles. The molecule has 118 valence electrons. The molecule has 1 atom stereocenters. The molecule has 0 N–H and O–H groups in total. The predicted octanol–water partition coefficient (Wildman–Crippen LogP) is 4.50. The minimum Gasteiger partial charge on any atom is -0.444 e. The zero-order valence-electron chi connectivity index (χ0n) is 12.9. The Hall–Kier alpha value is -1.72. The van der Waals surface area contributed by atoms with Crippen LogP contribution in [0.4, 0.5) is 0 Å². The van der Waals surface area contributed by atoms with Gasteiger partial charge in [-0.05, 0) is 44.4 Å². The molecule has 0 spiro atoms. The maximum Gasteiger partial charge on any atom is 0.208 e. The van der Waals surface area contributed by atoms with E-state index in [4.69, 9.17) is 9.40 Å². The third kappa shape index (κ3) is 2.58. The molecule has 1 aliphatic heterocycles. The highest BCUT2D eigenvalue weighted by molar-refractivity contribution is 7.18. The van der Waals surface area contributed by atoms with E-state index in [1.54, 1.807) is 0 Å². The Morgan fingerprint density at radius 3 is 3.00 bits per heavy atom. The Labute approximate surface area is 139 Å². The molecule has 0 bridgehead atoms. The standard InChI is InChI=1S/C18H19N3OS/c1-2-6-16-13(4-1)20-18(23-16)14-5-3-9-21(14)11-17-19-10-15(22-17)12-7-8-12/h1-2,4,6,10,12,14H,3,5,7-9,11H2. The van der Waals surface area contributed by atoms with Crippen LogP contribution in [-0.4, -0.2) is 21.4 Å². The second-order valence-corrected chi connectivity index (χ2v) is 7.64. The second-order valence-electron chi connectivity index (χ2n) is 6.58. The zero-order valence-corrected chi connectivity index (χ0v) is 13.8. The van der Waals surface area contributed by atoms with Crippen LogP contribution in [-0.2, 0) is 6.54 Å². The van der Waals surface area contributed by atoms with Gasteiger partial charge in [-0.1, -0.05) is 12.1 Å². The molecule has 0 amide bonds. The monoisotopic (exact) mass is 325 g/mol. The van der Waals surface area contributed by atoms with Gasteiger partial charge >= 0.3 is 0 Å². The smallest absolute Gasteiger partial charge is 0.208 e. The van der Waals surface area contributed by atoms with Crippen molar-refractivity contribution < 1.29 is 4.42 Å². The number of rotatable bonds is 4. The summed E-state index contributed by atoms with van der Waals surface area (Å²) in [7, 11) is 0. The van der Waals surface area contributed by atoms with Crippen molar-refractivity contribution in [3.05, 3.63) is 47.1 Å². The van der Waals surface area contributed by atoms with Gasteiger partial charge in [-0.2, -0.15) is 0 Å². The van der Waals surface area contributed by atoms with E-state index in [0.717, 1.165) is 30.3 Å². The van der Waals surface area contributed by atoms with Gasteiger partial charge in [-0.3, -0.25) is 4.90 Å². The summed E-state index contributed by atoms with van der Waals surface area (Å²) in [6.45, 7) is 1.90. The first-order valence-electron chi connectivity index (χ1n) is 8.41. The Balaban J connectivity index is 1.38. The number of aromatic nitrogens is 2. The lowest BCUT2D eigenvalue weighted by atomic mass is 10.2. The first kappa shape index (κ1) is 13.7. The molecule has 5 heteroatoms. The van der Waals surface area contributed by atoms with Crippen molar-refractivity contribution in [2.45, 2.75) is 44.2 Å². The largest absolute Gasteiger partial charge is 0.444 e. The van der Waals surface area contributed by atoms with E-state index < -0.39 is 0 Å². The summed E-state index contributed by atoms with van der Waals surface area (Å²) < 4.78 is 7.22. The summed E-state index contributed by atoms with van der Waals surface area (Å²) in [5.41, 5.74) is 1.12. The summed E-state index contributed by atoms with van der Waals surface area (Å²) >= 11 is 1.83. The lowest BCUT2D eigenvalue weighted by Gasteiger charge is -2.20. The molecule has 4 nitrogen and oxygen atoms in total. The molecule has 1 aromatic carbocycles. The molecule has 2 aliphatic rings. The van der Waals surface area contributed by atoms with E-state index >= 15 is 0 Å². The SMILES string of the molecule is c1ccc2sc(C3CCCN3Cc3ncc(C4CC4)o3)nc2c1. The van der Waals surface area contributed by atoms with E-state index in [-0.39, 0.29) is 0 Å². The Bertz CT molecular complexity index is 803. The number of fused-ring (bicyclic) bond motifs is 1. The Morgan fingerprint density at radius 1 is 1.22 bits per heavy atom. The number of thiazole rings is 1. The summed E-state index contributed by atoms with van der Waals surface area (Å²) in [5.74, 6) is 2.57. The topological polar surface area (TPSA) is 42.2 Å². The first-order valence-corrected chi connectivity index (χ1v) is 9.22. The van der Waals surface area contributed by atoms with E-state index in [9.17, 15) is 0 Å². The number of benzene rings is 1. The van der Waals surface area contributed by atoms with Gasteiger partial charge in [0.2, 0.25) is 5.89 Å². The van der Waals surface area contributed by atoms with Crippen molar-refractivity contribution >= 4 is 21.6 Å². The van der Waals surface area contributed by atoms with Gasteiger partial charge in [0.05, 0.1) is 29.0 Å². The van der Waals surface area contributed by atoms with Crippen LogP contribution >= 0.6 is 11.3 Å². The van der Waals surface area contributed by atoms with Crippen LogP contribution in [0.15, 0.2) is 34.9 Å². The van der Waals surface area contributed by atoms with Crippen LogP contribution in [0.2, 0.25) is 0 Å². The quantitative estimate of drug-likeness (QED) is 0.708. The van der Waals surface area contributed by atoms with E-state index in [1.807, 2.05) is 17.5 Å². The molecular formula is C18H19N3OS. The molecule has 2 aromatic heterocycles.